The fourth-order valence-electron chi connectivity index (χ4n) is 1.23. The lowest BCUT2D eigenvalue weighted by atomic mass is 10.4. The number of ether oxygens (including phenoxy) is 2. The predicted octanol–water partition coefficient (Wildman–Crippen LogP) is 1.62. The Hall–Kier alpha value is -0.0800. The van der Waals surface area contributed by atoms with Crippen molar-refractivity contribution >= 4 is 29.9 Å². The van der Waals surface area contributed by atoms with Gasteiger partial charge in [0.2, 0.25) is 0 Å². The van der Waals surface area contributed by atoms with Gasteiger partial charge in [-0.15, -0.1) is 24.0 Å². The second-order valence-electron chi connectivity index (χ2n) is 3.43. The van der Waals surface area contributed by atoms with Gasteiger partial charge in [0.1, 0.15) is 0 Å². The van der Waals surface area contributed by atoms with E-state index in [1.54, 1.807) is 0 Å². The predicted molar refractivity (Wildman–Crippen MR) is 87.0 cm³/mol. The summed E-state index contributed by atoms with van der Waals surface area (Å²) in [5, 5.41) is 6.41. The number of guanidine groups is 1. The number of rotatable bonds is 10. The van der Waals surface area contributed by atoms with Gasteiger partial charge in [-0.25, -0.2) is 0 Å². The van der Waals surface area contributed by atoms with Crippen molar-refractivity contribution < 1.29 is 9.47 Å². The standard InChI is InChI=1S/C12H27N3O2.HI/c1-4-13-12(15-9-11-17-6-3)14-8-7-10-16-5-2;/h4-11H2,1-3H3,(H2,13,14,15);1H. The van der Waals surface area contributed by atoms with E-state index in [4.69, 9.17) is 9.47 Å². The summed E-state index contributed by atoms with van der Waals surface area (Å²) in [6.07, 6.45) is 0.954. The van der Waals surface area contributed by atoms with Crippen LogP contribution in [-0.2, 0) is 9.47 Å². The van der Waals surface area contributed by atoms with E-state index in [0.29, 0.717) is 6.61 Å². The molecule has 0 heterocycles. The number of nitrogens with one attached hydrogen (secondary N) is 2. The van der Waals surface area contributed by atoms with Crippen LogP contribution >= 0.6 is 24.0 Å². The number of nitrogens with zero attached hydrogens (tertiary/aromatic N) is 1. The van der Waals surface area contributed by atoms with Crippen LogP contribution in [0.3, 0.4) is 0 Å². The highest BCUT2D eigenvalue weighted by Crippen LogP contribution is 1.84. The first-order chi connectivity index (χ1) is 8.35. The van der Waals surface area contributed by atoms with Crippen LogP contribution in [0.2, 0.25) is 0 Å². The summed E-state index contributed by atoms with van der Waals surface area (Å²) >= 11 is 0. The van der Waals surface area contributed by atoms with Gasteiger partial charge in [0, 0.05) is 39.5 Å². The highest BCUT2D eigenvalue weighted by atomic mass is 127. The fourth-order valence-corrected chi connectivity index (χ4v) is 1.23. The number of aliphatic imine (C=N–C) groups is 1. The van der Waals surface area contributed by atoms with Gasteiger partial charge < -0.3 is 20.1 Å². The van der Waals surface area contributed by atoms with E-state index in [0.717, 1.165) is 51.8 Å². The van der Waals surface area contributed by atoms with Crippen LogP contribution in [0.25, 0.3) is 0 Å². The van der Waals surface area contributed by atoms with Crippen LogP contribution in [0, 0.1) is 0 Å². The molecule has 18 heavy (non-hydrogen) atoms. The smallest absolute Gasteiger partial charge is 0.191 e. The minimum Gasteiger partial charge on any atom is -0.382 e. The molecular weight excluding hydrogens is 345 g/mol. The summed E-state index contributed by atoms with van der Waals surface area (Å²) in [5.74, 6) is 0.851. The van der Waals surface area contributed by atoms with Gasteiger partial charge in [-0.1, -0.05) is 0 Å². The normalized spacial score (nSPS) is 10.9. The summed E-state index contributed by atoms with van der Waals surface area (Å²) in [6, 6.07) is 0. The first-order valence-electron chi connectivity index (χ1n) is 6.52. The first-order valence-corrected chi connectivity index (χ1v) is 6.52. The van der Waals surface area contributed by atoms with Gasteiger partial charge >= 0.3 is 0 Å². The Bertz CT molecular complexity index is 192. The molecule has 0 aliphatic heterocycles. The zero-order valence-electron chi connectivity index (χ0n) is 11.8. The molecule has 0 fully saturated rings. The maximum absolute atomic E-state index is 5.26. The molecule has 5 nitrogen and oxygen atoms in total. The molecule has 0 aliphatic rings. The SMILES string of the molecule is CCNC(=NCCCOCC)NCCOCC.I. The van der Waals surface area contributed by atoms with Crippen molar-refractivity contribution in [1.29, 1.82) is 0 Å². The fraction of sp³-hybridized carbons (Fsp3) is 0.917. The van der Waals surface area contributed by atoms with Crippen LogP contribution in [0.15, 0.2) is 4.99 Å². The Morgan fingerprint density at radius 3 is 2.28 bits per heavy atom. The average molecular weight is 373 g/mol. The van der Waals surface area contributed by atoms with Crippen LogP contribution < -0.4 is 10.6 Å². The minimum atomic E-state index is 0. The lowest BCUT2D eigenvalue weighted by molar-refractivity contribution is 0.146. The molecule has 0 aromatic carbocycles. The Kier molecular flexibility index (Phi) is 19.0. The quantitative estimate of drug-likeness (QED) is 0.265. The maximum Gasteiger partial charge on any atom is 0.191 e. The lowest BCUT2D eigenvalue weighted by Gasteiger charge is -2.11. The van der Waals surface area contributed by atoms with E-state index in [1.807, 2.05) is 13.8 Å². The van der Waals surface area contributed by atoms with Crippen LogP contribution in [-0.4, -0.2) is 52.0 Å². The molecule has 0 bridgehead atoms. The molecule has 0 aromatic heterocycles. The summed E-state index contributed by atoms with van der Waals surface area (Å²) in [5.41, 5.74) is 0. The molecule has 0 spiro atoms. The van der Waals surface area contributed by atoms with Gasteiger partial charge in [0.25, 0.3) is 0 Å². The Morgan fingerprint density at radius 2 is 1.67 bits per heavy atom. The van der Waals surface area contributed by atoms with Crippen molar-refractivity contribution in [2.24, 2.45) is 4.99 Å². The van der Waals surface area contributed by atoms with Crippen molar-refractivity contribution in [3.8, 4) is 0 Å². The Balaban J connectivity index is 0. The monoisotopic (exact) mass is 373 g/mol. The number of hydrogen-bond acceptors (Lipinski definition) is 3. The molecular formula is C12H28IN3O2. The van der Waals surface area contributed by atoms with E-state index >= 15 is 0 Å². The molecule has 0 aliphatic carbocycles. The largest absolute Gasteiger partial charge is 0.382 e. The summed E-state index contributed by atoms with van der Waals surface area (Å²) in [6.45, 7) is 11.5. The maximum atomic E-state index is 5.26. The molecule has 0 amide bonds. The topological polar surface area (TPSA) is 54.9 Å². The summed E-state index contributed by atoms with van der Waals surface area (Å²) < 4.78 is 10.5. The third-order valence-corrected chi connectivity index (χ3v) is 2.01. The molecule has 110 valence electrons. The van der Waals surface area contributed by atoms with E-state index < -0.39 is 0 Å². The first kappa shape index (κ1) is 20.2. The molecule has 0 rings (SSSR count). The second kappa shape index (κ2) is 16.9. The summed E-state index contributed by atoms with van der Waals surface area (Å²) in [4.78, 5) is 4.44. The third kappa shape index (κ3) is 14.0. The van der Waals surface area contributed by atoms with Crippen molar-refractivity contribution in [3.63, 3.8) is 0 Å². The van der Waals surface area contributed by atoms with Crippen LogP contribution in [0.4, 0.5) is 0 Å². The summed E-state index contributed by atoms with van der Waals surface area (Å²) in [7, 11) is 0. The lowest BCUT2D eigenvalue weighted by Crippen LogP contribution is -2.39. The molecule has 0 aromatic rings. The van der Waals surface area contributed by atoms with Crippen LogP contribution in [0.1, 0.15) is 27.2 Å². The van der Waals surface area contributed by atoms with E-state index in [1.165, 1.54) is 0 Å². The minimum absolute atomic E-state index is 0. The van der Waals surface area contributed by atoms with E-state index in [9.17, 15) is 0 Å². The van der Waals surface area contributed by atoms with Crippen molar-refractivity contribution in [1.82, 2.24) is 10.6 Å². The molecule has 0 saturated heterocycles. The molecule has 0 saturated carbocycles. The highest BCUT2D eigenvalue weighted by Gasteiger charge is 1.95. The van der Waals surface area contributed by atoms with Gasteiger partial charge in [0.15, 0.2) is 5.96 Å². The highest BCUT2D eigenvalue weighted by molar-refractivity contribution is 14.0. The van der Waals surface area contributed by atoms with Crippen LogP contribution in [0.5, 0.6) is 0 Å². The third-order valence-electron chi connectivity index (χ3n) is 2.01. The van der Waals surface area contributed by atoms with Crippen molar-refractivity contribution in [2.75, 3.05) is 46.1 Å². The molecule has 0 atom stereocenters. The Labute approximate surface area is 128 Å². The molecule has 2 N–H and O–H groups in total. The molecule has 0 unspecified atom stereocenters. The van der Waals surface area contributed by atoms with E-state index in [-0.39, 0.29) is 24.0 Å². The zero-order valence-corrected chi connectivity index (χ0v) is 14.2. The van der Waals surface area contributed by atoms with Gasteiger partial charge in [0.05, 0.1) is 6.61 Å². The number of hydrogen-bond donors (Lipinski definition) is 2. The molecule has 0 radical (unpaired) electrons. The Morgan fingerprint density at radius 1 is 1.00 bits per heavy atom. The number of halogens is 1. The second-order valence-corrected chi connectivity index (χ2v) is 3.43. The molecule has 6 heteroatoms. The van der Waals surface area contributed by atoms with Gasteiger partial charge in [-0.3, -0.25) is 4.99 Å². The van der Waals surface area contributed by atoms with Crippen molar-refractivity contribution in [3.05, 3.63) is 0 Å². The average Bonchev–Trinajstić information content (AvgIpc) is 2.34. The van der Waals surface area contributed by atoms with Gasteiger partial charge in [-0.05, 0) is 27.2 Å². The van der Waals surface area contributed by atoms with E-state index in [2.05, 4.69) is 22.5 Å². The van der Waals surface area contributed by atoms with Crippen molar-refractivity contribution in [2.45, 2.75) is 27.2 Å². The zero-order chi connectivity index (χ0) is 12.8. The van der Waals surface area contributed by atoms with Gasteiger partial charge in [-0.2, -0.15) is 0 Å².